The van der Waals surface area contributed by atoms with Crippen molar-refractivity contribution in [2.75, 3.05) is 6.54 Å². The average Bonchev–Trinajstić information content (AvgIpc) is 2.93. The fourth-order valence-electron chi connectivity index (χ4n) is 3.49. The molecule has 1 N–H and O–H groups in total. The van der Waals surface area contributed by atoms with E-state index in [1.165, 1.54) is 22.2 Å². The van der Waals surface area contributed by atoms with Gasteiger partial charge in [0.25, 0.3) is 0 Å². The predicted octanol–water partition coefficient (Wildman–Crippen LogP) is 4.26. The second-order valence-electron chi connectivity index (χ2n) is 6.44. The van der Waals surface area contributed by atoms with Crippen molar-refractivity contribution in [1.82, 2.24) is 9.88 Å². The zero-order valence-electron chi connectivity index (χ0n) is 13.6. The first-order valence-electron chi connectivity index (χ1n) is 8.23. The fourth-order valence-corrected chi connectivity index (χ4v) is 3.66. The van der Waals surface area contributed by atoms with Crippen molar-refractivity contribution in [3.05, 3.63) is 69.9 Å². The molecule has 0 saturated heterocycles. The van der Waals surface area contributed by atoms with Crippen LogP contribution in [-0.4, -0.2) is 22.3 Å². The summed E-state index contributed by atoms with van der Waals surface area (Å²) in [5.74, 6) is 0.193. The highest BCUT2D eigenvalue weighted by molar-refractivity contribution is 6.31. The molecule has 1 aromatic heterocycles. The van der Waals surface area contributed by atoms with Gasteiger partial charge < -0.3 is 9.88 Å². The normalized spacial score (nSPS) is 14.0. The van der Waals surface area contributed by atoms with Crippen LogP contribution in [0.5, 0.6) is 0 Å². The summed E-state index contributed by atoms with van der Waals surface area (Å²) in [4.78, 5) is 18.2. The first-order chi connectivity index (χ1) is 11.6. The molecule has 2 aromatic carbocycles. The van der Waals surface area contributed by atoms with Gasteiger partial charge in [0, 0.05) is 46.7 Å². The molecular weight excluding hydrogens is 320 g/mol. The largest absolute Gasteiger partial charge is 0.358 e. The Labute approximate surface area is 146 Å². The second-order valence-corrected chi connectivity index (χ2v) is 6.88. The van der Waals surface area contributed by atoms with Gasteiger partial charge >= 0.3 is 0 Å². The monoisotopic (exact) mass is 338 g/mol. The van der Waals surface area contributed by atoms with Crippen molar-refractivity contribution in [3.63, 3.8) is 0 Å². The van der Waals surface area contributed by atoms with E-state index in [9.17, 15) is 4.79 Å². The minimum atomic E-state index is 0.193. The molecule has 4 heteroatoms. The zero-order valence-corrected chi connectivity index (χ0v) is 14.4. The molecule has 0 saturated carbocycles. The van der Waals surface area contributed by atoms with Crippen LogP contribution in [0.15, 0.2) is 42.5 Å². The van der Waals surface area contributed by atoms with E-state index in [-0.39, 0.29) is 5.91 Å². The maximum absolute atomic E-state index is 12.7. The number of H-pyrrole nitrogens is 1. The third-order valence-corrected chi connectivity index (χ3v) is 5.13. The van der Waals surface area contributed by atoms with E-state index in [0.717, 1.165) is 29.1 Å². The summed E-state index contributed by atoms with van der Waals surface area (Å²) in [6, 6.07) is 14.0. The molecule has 24 heavy (non-hydrogen) atoms. The van der Waals surface area contributed by atoms with Crippen LogP contribution in [0, 0.1) is 6.92 Å². The van der Waals surface area contributed by atoms with E-state index in [4.69, 9.17) is 11.6 Å². The van der Waals surface area contributed by atoms with Crippen molar-refractivity contribution in [2.24, 2.45) is 0 Å². The number of hydrogen-bond donors (Lipinski definition) is 1. The van der Waals surface area contributed by atoms with Crippen LogP contribution in [0.4, 0.5) is 0 Å². The molecule has 3 nitrogen and oxygen atoms in total. The number of halogens is 1. The number of hydrogen-bond acceptors (Lipinski definition) is 1. The Balaban J connectivity index is 1.58. The lowest BCUT2D eigenvalue weighted by atomic mass is 10.0. The van der Waals surface area contributed by atoms with E-state index >= 15 is 0 Å². The topological polar surface area (TPSA) is 36.1 Å². The molecule has 4 rings (SSSR count). The number of rotatable bonds is 2. The lowest BCUT2D eigenvalue weighted by Gasteiger charge is -2.27. The maximum Gasteiger partial charge on any atom is 0.227 e. The molecule has 1 amide bonds. The van der Waals surface area contributed by atoms with Gasteiger partial charge in [-0.15, -0.1) is 0 Å². The molecule has 0 bridgehead atoms. The Morgan fingerprint density at radius 1 is 1.25 bits per heavy atom. The molecule has 2 heterocycles. The quantitative estimate of drug-likeness (QED) is 0.744. The van der Waals surface area contributed by atoms with Crippen molar-refractivity contribution in [1.29, 1.82) is 0 Å². The lowest BCUT2D eigenvalue weighted by molar-refractivity contribution is -0.131. The highest BCUT2D eigenvalue weighted by Crippen LogP contribution is 2.29. The van der Waals surface area contributed by atoms with E-state index in [1.807, 2.05) is 41.3 Å². The Bertz CT molecular complexity index is 929. The number of amides is 1. The summed E-state index contributed by atoms with van der Waals surface area (Å²) >= 11 is 6.08. The van der Waals surface area contributed by atoms with Gasteiger partial charge in [-0.1, -0.05) is 41.9 Å². The minimum Gasteiger partial charge on any atom is -0.358 e. The second kappa shape index (κ2) is 5.99. The van der Waals surface area contributed by atoms with Crippen LogP contribution >= 0.6 is 11.6 Å². The Morgan fingerprint density at radius 3 is 2.92 bits per heavy atom. The van der Waals surface area contributed by atoms with Gasteiger partial charge in [0.2, 0.25) is 5.91 Å². The number of fused-ring (bicyclic) bond motifs is 3. The molecule has 0 fully saturated rings. The summed E-state index contributed by atoms with van der Waals surface area (Å²) in [7, 11) is 0. The van der Waals surface area contributed by atoms with E-state index in [0.29, 0.717) is 13.0 Å². The number of aromatic nitrogens is 1. The summed E-state index contributed by atoms with van der Waals surface area (Å²) in [5, 5.41) is 1.90. The molecule has 0 radical (unpaired) electrons. The SMILES string of the molecule is Cc1ccccc1CC(=O)N1CCc2[nH]c3cc(Cl)ccc3c2C1. The van der Waals surface area contributed by atoms with Crippen LogP contribution in [0.3, 0.4) is 0 Å². The zero-order chi connectivity index (χ0) is 16.7. The number of carbonyl (C=O) groups excluding carboxylic acids is 1. The van der Waals surface area contributed by atoms with Crippen molar-refractivity contribution in [3.8, 4) is 0 Å². The molecule has 0 aliphatic carbocycles. The van der Waals surface area contributed by atoms with E-state index in [2.05, 4.69) is 18.0 Å². The predicted molar refractivity (Wildman–Crippen MR) is 97.3 cm³/mol. The number of nitrogens with zero attached hydrogens (tertiary/aromatic N) is 1. The Kier molecular flexibility index (Phi) is 3.81. The van der Waals surface area contributed by atoms with Gasteiger partial charge in [-0.05, 0) is 30.2 Å². The van der Waals surface area contributed by atoms with Gasteiger partial charge in [0.1, 0.15) is 0 Å². The number of aromatic amines is 1. The van der Waals surface area contributed by atoms with E-state index < -0.39 is 0 Å². The number of aryl methyl sites for hydroxylation is 1. The lowest BCUT2D eigenvalue weighted by Crippen LogP contribution is -2.36. The molecule has 122 valence electrons. The molecule has 0 spiro atoms. The van der Waals surface area contributed by atoms with Crippen LogP contribution in [0.25, 0.3) is 10.9 Å². The minimum absolute atomic E-state index is 0.193. The van der Waals surface area contributed by atoms with Gasteiger partial charge in [-0.2, -0.15) is 0 Å². The Hall–Kier alpha value is -2.26. The van der Waals surface area contributed by atoms with Gasteiger partial charge in [0.15, 0.2) is 0 Å². The molecule has 3 aromatic rings. The first-order valence-corrected chi connectivity index (χ1v) is 8.61. The molecule has 1 aliphatic heterocycles. The van der Waals surface area contributed by atoms with Gasteiger partial charge in [-0.25, -0.2) is 0 Å². The number of benzene rings is 2. The van der Waals surface area contributed by atoms with E-state index in [1.54, 1.807) is 0 Å². The summed E-state index contributed by atoms with van der Waals surface area (Å²) < 4.78 is 0. The third kappa shape index (κ3) is 2.69. The van der Waals surface area contributed by atoms with Crippen LogP contribution in [0.2, 0.25) is 5.02 Å². The number of nitrogens with one attached hydrogen (secondary N) is 1. The summed E-state index contributed by atoms with van der Waals surface area (Å²) in [5.41, 5.74) is 5.79. The maximum atomic E-state index is 12.7. The van der Waals surface area contributed by atoms with Crippen molar-refractivity contribution < 1.29 is 4.79 Å². The van der Waals surface area contributed by atoms with Crippen molar-refractivity contribution >= 4 is 28.4 Å². The molecule has 0 unspecified atom stereocenters. The molecular formula is C20H19ClN2O. The van der Waals surface area contributed by atoms with Gasteiger partial charge in [0.05, 0.1) is 6.42 Å². The van der Waals surface area contributed by atoms with Gasteiger partial charge in [-0.3, -0.25) is 4.79 Å². The molecule has 1 aliphatic rings. The summed E-state index contributed by atoms with van der Waals surface area (Å²) in [6.07, 6.45) is 1.33. The average molecular weight is 339 g/mol. The summed E-state index contributed by atoms with van der Waals surface area (Å²) in [6.45, 7) is 3.49. The fraction of sp³-hybridized carbons (Fsp3) is 0.250. The first kappa shape index (κ1) is 15.3. The molecule has 0 atom stereocenters. The van der Waals surface area contributed by atoms with Crippen LogP contribution < -0.4 is 0 Å². The smallest absolute Gasteiger partial charge is 0.227 e. The highest BCUT2D eigenvalue weighted by Gasteiger charge is 2.24. The number of carbonyl (C=O) groups is 1. The van der Waals surface area contributed by atoms with Crippen molar-refractivity contribution in [2.45, 2.75) is 26.3 Å². The van der Waals surface area contributed by atoms with Crippen LogP contribution in [0.1, 0.15) is 22.4 Å². The third-order valence-electron chi connectivity index (χ3n) is 4.89. The van der Waals surface area contributed by atoms with Crippen LogP contribution in [-0.2, 0) is 24.2 Å². The standard InChI is InChI=1S/C20H19ClN2O/c1-13-4-2-3-5-14(13)10-20(24)23-9-8-18-17(12-23)16-7-6-15(21)11-19(16)22-18/h2-7,11,22H,8-10,12H2,1H3. The Morgan fingerprint density at radius 2 is 2.08 bits per heavy atom. The highest BCUT2D eigenvalue weighted by atomic mass is 35.5.